The van der Waals surface area contributed by atoms with Crippen LogP contribution in [0.25, 0.3) is 0 Å². The fraction of sp³-hybridized carbons (Fsp3) is 0.556. The van der Waals surface area contributed by atoms with Gasteiger partial charge in [-0.2, -0.15) is 0 Å². The molecule has 1 aliphatic rings. The molecule has 2 rings (SSSR count). The first-order valence-corrected chi connectivity index (χ1v) is 8.47. The van der Waals surface area contributed by atoms with Gasteiger partial charge in [0.05, 0.1) is 6.61 Å². The Morgan fingerprint density at radius 3 is 2.38 bits per heavy atom. The molecule has 6 nitrogen and oxygen atoms in total. The summed E-state index contributed by atoms with van der Waals surface area (Å²) in [4.78, 5) is 27.7. The molecule has 24 heavy (non-hydrogen) atoms. The summed E-state index contributed by atoms with van der Waals surface area (Å²) in [5, 5.41) is 3.00. The van der Waals surface area contributed by atoms with E-state index in [9.17, 15) is 9.59 Å². The van der Waals surface area contributed by atoms with Crippen LogP contribution in [0, 0.1) is 5.92 Å². The van der Waals surface area contributed by atoms with Gasteiger partial charge in [0.1, 0.15) is 0 Å². The third-order valence-electron chi connectivity index (χ3n) is 4.31. The molecule has 1 fully saturated rings. The Kier molecular flexibility index (Phi) is 6.46. The quantitative estimate of drug-likeness (QED) is 0.898. The average molecular weight is 333 g/mol. The molecule has 1 N–H and O–H groups in total. The molecule has 0 saturated carbocycles. The van der Waals surface area contributed by atoms with Crippen LogP contribution in [0.1, 0.15) is 25.3 Å². The highest BCUT2D eigenvalue weighted by atomic mass is 16.6. The van der Waals surface area contributed by atoms with E-state index in [0.29, 0.717) is 39.1 Å². The van der Waals surface area contributed by atoms with Gasteiger partial charge in [0.15, 0.2) is 0 Å². The Morgan fingerprint density at radius 1 is 1.21 bits per heavy atom. The predicted octanol–water partition coefficient (Wildman–Crippen LogP) is 2.24. The third kappa shape index (κ3) is 4.88. The van der Waals surface area contributed by atoms with Crippen molar-refractivity contribution in [3.05, 3.63) is 29.8 Å². The second-order valence-electron chi connectivity index (χ2n) is 6.24. The summed E-state index contributed by atoms with van der Waals surface area (Å²) in [5.41, 5.74) is 2.22. The minimum absolute atomic E-state index is 0.0308. The lowest BCUT2D eigenvalue weighted by Gasteiger charge is -2.30. The second-order valence-corrected chi connectivity index (χ2v) is 6.24. The number of rotatable bonds is 5. The van der Waals surface area contributed by atoms with Crippen LogP contribution in [0.3, 0.4) is 0 Å². The molecule has 6 heteroatoms. The monoisotopic (exact) mass is 333 g/mol. The van der Waals surface area contributed by atoms with E-state index in [1.165, 1.54) is 0 Å². The number of hydrogen-bond acceptors (Lipinski definition) is 4. The van der Waals surface area contributed by atoms with E-state index in [2.05, 4.69) is 5.32 Å². The Balaban J connectivity index is 1.76. The number of anilines is 1. The second kappa shape index (κ2) is 8.57. The van der Waals surface area contributed by atoms with Crippen LogP contribution in [-0.2, 0) is 16.1 Å². The third-order valence-corrected chi connectivity index (χ3v) is 4.31. The Morgan fingerprint density at radius 2 is 1.83 bits per heavy atom. The molecule has 1 saturated heterocycles. The number of carbonyl (C=O) groups is 2. The maximum absolute atomic E-state index is 12.3. The Labute approximate surface area is 143 Å². The molecule has 2 amide bonds. The molecule has 0 aliphatic carbocycles. The molecule has 0 bridgehead atoms. The molecular formula is C18H27N3O3. The van der Waals surface area contributed by atoms with Gasteiger partial charge in [-0.1, -0.05) is 12.1 Å². The fourth-order valence-electron chi connectivity index (χ4n) is 2.78. The number of carbonyl (C=O) groups excluding carboxylic acids is 2. The maximum atomic E-state index is 12.3. The average Bonchev–Trinajstić information content (AvgIpc) is 2.60. The minimum atomic E-state index is -0.280. The number of benzene rings is 1. The summed E-state index contributed by atoms with van der Waals surface area (Å²) in [5.74, 6) is 0.0342. The molecule has 1 heterocycles. The van der Waals surface area contributed by atoms with E-state index in [-0.39, 0.29) is 17.9 Å². The molecule has 0 aromatic heterocycles. The number of nitrogens with zero attached hydrogens (tertiary/aromatic N) is 2. The van der Waals surface area contributed by atoms with Gasteiger partial charge in [-0.3, -0.25) is 4.79 Å². The summed E-state index contributed by atoms with van der Waals surface area (Å²) in [7, 11) is 4.00. The van der Waals surface area contributed by atoms with Crippen LogP contribution >= 0.6 is 0 Å². The molecule has 0 spiro atoms. The van der Waals surface area contributed by atoms with E-state index in [0.717, 1.165) is 11.3 Å². The van der Waals surface area contributed by atoms with E-state index in [1.807, 2.05) is 43.3 Å². The van der Waals surface area contributed by atoms with Crippen LogP contribution in [0.15, 0.2) is 24.3 Å². The van der Waals surface area contributed by atoms with E-state index in [1.54, 1.807) is 11.8 Å². The van der Waals surface area contributed by atoms with Crippen molar-refractivity contribution < 1.29 is 14.3 Å². The molecular weight excluding hydrogens is 306 g/mol. The van der Waals surface area contributed by atoms with Gasteiger partial charge in [0.2, 0.25) is 5.91 Å². The van der Waals surface area contributed by atoms with Crippen molar-refractivity contribution in [2.24, 2.45) is 5.92 Å². The molecule has 0 unspecified atom stereocenters. The highest BCUT2D eigenvalue weighted by Gasteiger charge is 2.27. The van der Waals surface area contributed by atoms with Crippen LogP contribution < -0.4 is 10.2 Å². The molecule has 0 atom stereocenters. The van der Waals surface area contributed by atoms with Crippen LogP contribution in [0.4, 0.5) is 10.5 Å². The van der Waals surface area contributed by atoms with Crippen molar-refractivity contribution in [1.29, 1.82) is 0 Å². The number of ether oxygens (including phenoxy) is 1. The van der Waals surface area contributed by atoms with Gasteiger partial charge < -0.3 is 19.9 Å². The summed E-state index contributed by atoms with van der Waals surface area (Å²) < 4.78 is 4.99. The van der Waals surface area contributed by atoms with Gasteiger partial charge >= 0.3 is 6.09 Å². The van der Waals surface area contributed by atoms with Gasteiger partial charge in [-0.25, -0.2) is 4.79 Å². The summed E-state index contributed by atoms with van der Waals surface area (Å²) in [6, 6.07) is 8.14. The van der Waals surface area contributed by atoms with E-state index >= 15 is 0 Å². The molecule has 1 aromatic rings. The lowest BCUT2D eigenvalue weighted by molar-refractivity contribution is -0.126. The molecule has 132 valence electrons. The topological polar surface area (TPSA) is 61.9 Å². The fourth-order valence-corrected chi connectivity index (χ4v) is 2.78. The standard InChI is InChI=1S/C18H27N3O3/c1-4-24-18(23)21-11-9-15(10-12-21)17(22)19-13-14-5-7-16(8-6-14)20(2)3/h5-8,15H,4,9-13H2,1-3H3,(H,19,22). The Hall–Kier alpha value is -2.24. The molecule has 1 aromatic carbocycles. The number of piperidine rings is 1. The smallest absolute Gasteiger partial charge is 0.409 e. The van der Waals surface area contributed by atoms with Gasteiger partial charge in [-0.15, -0.1) is 0 Å². The number of likely N-dealkylation sites (tertiary alicyclic amines) is 1. The van der Waals surface area contributed by atoms with E-state index < -0.39 is 0 Å². The molecule has 1 aliphatic heterocycles. The Bertz CT molecular complexity index is 549. The van der Waals surface area contributed by atoms with Crippen molar-refractivity contribution in [2.45, 2.75) is 26.3 Å². The van der Waals surface area contributed by atoms with Gasteiger partial charge in [0.25, 0.3) is 0 Å². The number of amides is 2. The molecule has 0 radical (unpaired) electrons. The highest BCUT2D eigenvalue weighted by molar-refractivity contribution is 5.79. The normalized spacial score (nSPS) is 15.0. The summed E-state index contributed by atoms with van der Waals surface area (Å²) in [6.07, 6.45) is 1.09. The largest absolute Gasteiger partial charge is 0.450 e. The van der Waals surface area contributed by atoms with Crippen molar-refractivity contribution in [3.8, 4) is 0 Å². The first-order chi connectivity index (χ1) is 11.5. The maximum Gasteiger partial charge on any atom is 0.409 e. The van der Waals surface area contributed by atoms with E-state index in [4.69, 9.17) is 4.74 Å². The van der Waals surface area contributed by atoms with Gasteiger partial charge in [0, 0.05) is 45.3 Å². The number of hydrogen-bond donors (Lipinski definition) is 1. The lowest BCUT2D eigenvalue weighted by Crippen LogP contribution is -2.43. The van der Waals surface area contributed by atoms with Crippen LogP contribution in [0.5, 0.6) is 0 Å². The predicted molar refractivity (Wildman–Crippen MR) is 93.9 cm³/mol. The zero-order chi connectivity index (χ0) is 17.5. The zero-order valence-electron chi connectivity index (χ0n) is 14.7. The first-order valence-electron chi connectivity index (χ1n) is 8.47. The van der Waals surface area contributed by atoms with Crippen molar-refractivity contribution >= 4 is 17.7 Å². The van der Waals surface area contributed by atoms with Gasteiger partial charge in [-0.05, 0) is 37.5 Å². The van der Waals surface area contributed by atoms with Crippen LogP contribution in [0.2, 0.25) is 0 Å². The zero-order valence-corrected chi connectivity index (χ0v) is 14.7. The van der Waals surface area contributed by atoms with Crippen molar-refractivity contribution in [3.63, 3.8) is 0 Å². The first kappa shape index (κ1) is 18.1. The summed E-state index contributed by atoms with van der Waals surface area (Å²) >= 11 is 0. The highest BCUT2D eigenvalue weighted by Crippen LogP contribution is 2.18. The SMILES string of the molecule is CCOC(=O)N1CCC(C(=O)NCc2ccc(N(C)C)cc2)CC1. The van der Waals surface area contributed by atoms with Crippen molar-refractivity contribution in [2.75, 3.05) is 38.7 Å². The minimum Gasteiger partial charge on any atom is -0.450 e. The summed E-state index contributed by atoms with van der Waals surface area (Å²) in [6.45, 7) is 3.86. The van der Waals surface area contributed by atoms with Crippen molar-refractivity contribution in [1.82, 2.24) is 10.2 Å². The van der Waals surface area contributed by atoms with Crippen LogP contribution in [-0.4, -0.2) is 50.7 Å². The lowest BCUT2D eigenvalue weighted by atomic mass is 9.96. The number of nitrogens with one attached hydrogen (secondary N) is 1.